The second-order valence-electron chi connectivity index (χ2n) is 7.12. The summed E-state index contributed by atoms with van der Waals surface area (Å²) in [5.41, 5.74) is -0.645. The van der Waals surface area contributed by atoms with Crippen LogP contribution in [0.15, 0.2) is 0 Å². The molecule has 0 heterocycles. The first-order valence-corrected chi connectivity index (χ1v) is 8.06. The van der Waals surface area contributed by atoms with E-state index in [9.17, 15) is 19.5 Å². The highest BCUT2D eigenvalue weighted by molar-refractivity contribution is 5.86. The smallest absolute Gasteiger partial charge is 0.410 e. The van der Waals surface area contributed by atoms with Crippen LogP contribution in [-0.4, -0.2) is 53.2 Å². The first-order chi connectivity index (χ1) is 10.6. The Morgan fingerprint density at radius 3 is 2.26 bits per heavy atom. The average Bonchev–Trinajstić information content (AvgIpc) is 2.43. The Labute approximate surface area is 137 Å². The van der Waals surface area contributed by atoms with Gasteiger partial charge in [0.2, 0.25) is 5.91 Å². The number of hydrogen-bond acceptors (Lipinski definition) is 4. The van der Waals surface area contributed by atoms with Gasteiger partial charge in [-0.25, -0.2) is 9.59 Å². The maximum Gasteiger partial charge on any atom is 0.410 e. The van der Waals surface area contributed by atoms with E-state index in [1.54, 1.807) is 20.8 Å². The van der Waals surface area contributed by atoms with E-state index in [1.807, 2.05) is 0 Å². The van der Waals surface area contributed by atoms with Crippen molar-refractivity contribution in [3.8, 4) is 0 Å². The standard InChI is InChI=1S/C16H28N2O5/c1-16(2,3)23-15(22)18(4)10-12(19)17-13(14(20)21)11-8-6-5-7-9-11/h11,13H,5-10H2,1-4H3,(H,17,19)(H,20,21)/t13-/m0/s1. The second-order valence-corrected chi connectivity index (χ2v) is 7.12. The minimum atomic E-state index is -1.02. The van der Waals surface area contributed by atoms with Gasteiger partial charge in [0.15, 0.2) is 0 Å². The highest BCUT2D eigenvalue weighted by Gasteiger charge is 2.31. The van der Waals surface area contributed by atoms with E-state index in [4.69, 9.17) is 4.74 Å². The van der Waals surface area contributed by atoms with E-state index in [1.165, 1.54) is 7.05 Å². The van der Waals surface area contributed by atoms with Crippen LogP contribution in [0.4, 0.5) is 4.79 Å². The van der Waals surface area contributed by atoms with Gasteiger partial charge < -0.3 is 20.1 Å². The molecule has 0 unspecified atom stereocenters. The van der Waals surface area contributed by atoms with Gasteiger partial charge >= 0.3 is 12.1 Å². The van der Waals surface area contributed by atoms with Crippen molar-refractivity contribution in [1.29, 1.82) is 0 Å². The molecule has 0 aromatic rings. The van der Waals surface area contributed by atoms with Gasteiger partial charge in [0.25, 0.3) is 0 Å². The molecule has 0 saturated heterocycles. The van der Waals surface area contributed by atoms with Gasteiger partial charge in [0.05, 0.1) is 0 Å². The maximum absolute atomic E-state index is 12.1. The summed E-state index contributed by atoms with van der Waals surface area (Å²) in [7, 11) is 1.45. The molecule has 1 aliphatic carbocycles. The molecule has 7 heteroatoms. The Hall–Kier alpha value is -1.79. The molecule has 2 amide bonds. The summed E-state index contributed by atoms with van der Waals surface area (Å²) < 4.78 is 5.16. The summed E-state index contributed by atoms with van der Waals surface area (Å²) >= 11 is 0. The van der Waals surface area contributed by atoms with Gasteiger partial charge in [-0.2, -0.15) is 0 Å². The molecule has 2 N–H and O–H groups in total. The summed E-state index contributed by atoms with van der Waals surface area (Å²) in [5.74, 6) is -1.56. The highest BCUT2D eigenvalue weighted by Crippen LogP contribution is 2.26. The molecule has 0 aromatic carbocycles. The van der Waals surface area contributed by atoms with Gasteiger partial charge in [-0.05, 0) is 39.5 Å². The minimum Gasteiger partial charge on any atom is -0.480 e. The van der Waals surface area contributed by atoms with Crippen molar-refractivity contribution < 1.29 is 24.2 Å². The van der Waals surface area contributed by atoms with E-state index in [0.717, 1.165) is 37.0 Å². The van der Waals surface area contributed by atoms with Crippen LogP contribution < -0.4 is 5.32 Å². The molecule has 0 spiro atoms. The molecule has 1 atom stereocenters. The number of carbonyl (C=O) groups excluding carboxylic acids is 2. The molecule has 1 saturated carbocycles. The summed E-state index contributed by atoms with van der Waals surface area (Å²) in [5, 5.41) is 11.9. The predicted octanol–water partition coefficient (Wildman–Crippen LogP) is 2.00. The van der Waals surface area contributed by atoms with Crippen LogP contribution >= 0.6 is 0 Å². The van der Waals surface area contributed by atoms with Gasteiger partial charge in [-0.15, -0.1) is 0 Å². The second kappa shape index (κ2) is 8.17. The third-order valence-corrected chi connectivity index (χ3v) is 3.79. The average molecular weight is 328 g/mol. The SMILES string of the molecule is CN(CC(=O)N[C@H](C(=O)O)C1CCCCC1)C(=O)OC(C)(C)C. The molecule has 1 rings (SSSR count). The van der Waals surface area contributed by atoms with E-state index < -0.39 is 29.6 Å². The lowest BCUT2D eigenvalue weighted by Crippen LogP contribution is -2.50. The largest absolute Gasteiger partial charge is 0.480 e. The number of aliphatic carboxylic acids is 1. The van der Waals surface area contributed by atoms with Crippen molar-refractivity contribution in [2.45, 2.75) is 64.5 Å². The highest BCUT2D eigenvalue weighted by atomic mass is 16.6. The molecule has 0 radical (unpaired) electrons. The Morgan fingerprint density at radius 1 is 1.22 bits per heavy atom. The van der Waals surface area contributed by atoms with Crippen molar-refractivity contribution in [2.24, 2.45) is 5.92 Å². The summed E-state index contributed by atoms with van der Waals surface area (Å²) in [6.07, 6.45) is 4.08. The first-order valence-electron chi connectivity index (χ1n) is 8.06. The molecule has 0 bridgehead atoms. The maximum atomic E-state index is 12.1. The van der Waals surface area contributed by atoms with Crippen molar-refractivity contribution in [1.82, 2.24) is 10.2 Å². The zero-order valence-electron chi connectivity index (χ0n) is 14.4. The summed E-state index contributed by atoms with van der Waals surface area (Å²) in [6.45, 7) is 4.98. The summed E-state index contributed by atoms with van der Waals surface area (Å²) in [4.78, 5) is 36.4. The number of amides is 2. The van der Waals surface area contributed by atoms with Crippen LogP contribution in [0.3, 0.4) is 0 Å². The third kappa shape index (κ3) is 6.88. The molecular formula is C16H28N2O5. The number of rotatable bonds is 5. The Kier molecular flexibility index (Phi) is 6.84. The topological polar surface area (TPSA) is 95.9 Å². The van der Waals surface area contributed by atoms with Crippen LogP contribution in [0.2, 0.25) is 0 Å². The van der Waals surface area contributed by atoms with E-state index in [-0.39, 0.29) is 12.5 Å². The molecule has 132 valence electrons. The number of carboxylic acid groups (broad SMARTS) is 1. The van der Waals surface area contributed by atoms with Crippen molar-refractivity contribution >= 4 is 18.0 Å². The fourth-order valence-corrected chi connectivity index (χ4v) is 2.69. The van der Waals surface area contributed by atoms with Crippen molar-refractivity contribution in [3.63, 3.8) is 0 Å². The molecule has 1 aliphatic rings. The quantitative estimate of drug-likeness (QED) is 0.805. The zero-order chi connectivity index (χ0) is 17.6. The monoisotopic (exact) mass is 328 g/mol. The van der Waals surface area contributed by atoms with Crippen LogP contribution in [0.5, 0.6) is 0 Å². The normalized spacial score (nSPS) is 17.2. The third-order valence-electron chi connectivity index (χ3n) is 3.79. The predicted molar refractivity (Wildman–Crippen MR) is 85.0 cm³/mol. The van der Waals surface area contributed by atoms with Crippen molar-refractivity contribution in [2.75, 3.05) is 13.6 Å². The van der Waals surface area contributed by atoms with Crippen LogP contribution in [0, 0.1) is 5.92 Å². The zero-order valence-corrected chi connectivity index (χ0v) is 14.4. The Morgan fingerprint density at radius 2 is 1.78 bits per heavy atom. The van der Waals surface area contributed by atoms with E-state index in [0.29, 0.717) is 0 Å². The van der Waals surface area contributed by atoms with Gasteiger partial charge in [-0.3, -0.25) is 4.79 Å². The summed E-state index contributed by atoms with van der Waals surface area (Å²) in [6, 6.07) is -0.894. The van der Waals surface area contributed by atoms with Crippen molar-refractivity contribution in [3.05, 3.63) is 0 Å². The molecule has 0 aromatic heterocycles. The molecule has 1 fully saturated rings. The minimum absolute atomic E-state index is 0.0444. The fraction of sp³-hybridized carbons (Fsp3) is 0.812. The number of likely N-dealkylation sites (N-methyl/N-ethyl adjacent to an activating group) is 1. The molecular weight excluding hydrogens is 300 g/mol. The van der Waals surface area contributed by atoms with Crippen LogP contribution in [-0.2, 0) is 14.3 Å². The van der Waals surface area contributed by atoms with Gasteiger partial charge in [0.1, 0.15) is 18.2 Å². The number of hydrogen-bond donors (Lipinski definition) is 2. The molecule has 7 nitrogen and oxygen atoms in total. The van der Waals surface area contributed by atoms with E-state index in [2.05, 4.69) is 5.32 Å². The lowest BCUT2D eigenvalue weighted by atomic mass is 9.84. The lowest BCUT2D eigenvalue weighted by Gasteiger charge is -2.29. The lowest BCUT2D eigenvalue weighted by molar-refractivity contribution is -0.144. The van der Waals surface area contributed by atoms with Gasteiger partial charge in [0, 0.05) is 7.05 Å². The number of carboxylic acids is 1. The molecule has 23 heavy (non-hydrogen) atoms. The number of carbonyl (C=O) groups is 3. The van der Waals surface area contributed by atoms with Gasteiger partial charge in [-0.1, -0.05) is 19.3 Å². The Bertz CT molecular complexity index is 438. The number of nitrogens with zero attached hydrogens (tertiary/aromatic N) is 1. The van der Waals surface area contributed by atoms with E-state index >= 15 is 0 Å². The fourth-order valence-electron chi connectivity index (χ4n) is 2.69. The van der Waals surface area contributed by atoms with Crippen LogP contribution in [0.25, 0.3) is 0 Å². The Balaban J connectivity index is 2.55. The number of nitrogens with one attached hydrogen (secondary N) is 1. The van der Waals surface area contributed by atoms with Crippen LogP contribution in [0.1, 0.15) is 52.9 Å². The number of ether oxygens (including phenoxy) is 1. The molecule has 0 aliphatic heterocycles. The first kappa shape index (κ1) is 19.3.